The number of rotatable bonds is 2. The topological polar surface area (TPSA) is 25.8 Å². The molecular formula is C15H12N2S. The molecule has 88 valence electrons. The lowest BCUT2D eigenvalue weighted by Gasteiger charge is -2.03. The van der Waals surface area contributed by atoms with E-state index in [1.54, 1.807) is 11.8 Å². The first kappa shape index (κ1) is 11.2. The number of aromatic nitrogens is 2. The molecule has 0 aliphatic rings. The van der Waals surface area contributed by atoms with Crippen LogP contribution in [0, 0.1) is 0 Å². The van der Waals surface area contributed by atoms with Gasteiger partial charge in [0.05, 0.1) is 22.9 Å². The molecule has 0 spiro atoms. The fraction of sp³-hybridized carbons (Fsp3) is 0.0667. The van der Waals surface area contributed by atoms with Crippen LogP contribution in [0.5, 0.6) is 0 Å². The lowest BCUT2D eigenvalue weighted by molar-refractivity contribution is 1.29. The van der Waals surface area contributed by atoms with Gasteiger partial charge in [0.1, 0.15) is 0 Å². The molecule has 0 N–H and O–H groups in total. The Morgan fingerprint density at radius 2 is 1.61 bits per heavy atom. The smallest absolute Gasteiger partial charge is 0.0894 e. The summed E-state index contributed by atoms with van der Waals surface area (Å²) >= 11 is 1.74. The minimum atomic E-state index is 0.918. The van der Waals surface area contributed by atoms with Gasteiger partial charge in [-0.15, -0.1) is 11.8 Å². The second-order valence-corrected chi connectivity index (χ2v) is 4.85. The molecule has 0 saturated heterocycles. The molecule has 0 bridgehead atoms. The van der Waals surface area contributed by atoms with E-state index >= 15 is 0 Å². The highest BCUT2D eigenvalue weighted by Gasteiger charge is 2.02. The van der Waals surface area contributed by atoms with E-state index in [4.69, 9.17) is 0 Å². The maximum Gasteiger partial charge on any atom is 0.0894 e. The average Bonchev–Trinajstić information content (AvgIpc) is 2.47. The van der Waals surface area contributed by atoms with Crippen LogP contribution in [0.25, 0.3) is 22.3 Å². The third-order valence-corrected chi connectivity index (χ3v) is 3.58. The largest absolute Gasteiger partial charge is 0.252 e. The van der Waals surface area contributed by atoms with Gasteiger partial charge in [-0.2, -0.15) is 0 Å². The number of nitrogens with zero attached hydrogens (tertiary/aromatic N) is 2. The first-order valence-corrected chi connectivity index (χ1v) is 6.95. The predicted molar refractivity (Wildman–Crippen MR) is 76.8 cm³/mol. The molecule has 18 heavy (non-hydrogen) atoms. The molecule has 0 saturated carbocycles. The van der Waals surface area contributed by atoms with Crippen molar-refractivity contribution in [2.75, 3.05) is 6.26 Å². The zero-order valence-corrected chi connectivity index (χ0v) is 10.8. The molecule has 1 heterocycles. The number of thioether (sulfide) groups is 1. The summed E-state index contributed by atoms with van der Waals surface area (Å²) in [6, 6.07) is 16.3. The van der Waals surface area contributed by atoms with Crippen molar-refractivity contribution in [1.29, 1.82) is 0 Å². The third-order valence-electron chi connectivity index (χ3n) is 2.83. The van der Waals surface area contributed by atoms with Gasteiger partial charge in [0.2, 0.25) is 0 Å². The normalized spacial score (nSPS) is 10.7. The summed E-state index contributed by atoms with van der Waals surface area (Å²) in [5, 5.41) is 0. The average molecular weight is 252 g/mol. The van der Waals surface area contributed by atoms with Gasteiger partial charge >= 0.3 is 0 Å². The SMILES string of the molecule is CSc1ccc(-c2cnc3ccccc3n2)cc1. The second kappa shape index (κ2) is 4.78. The van der Waals surface area contributed by atoms with Crippen molar-refractivity contribution < 1.29 is 0 Å². The fourth-order valence-electron chi connectivity index (χ4n) is 1.86. The molecule has 2 nitrogen and oxygen atoms in total. The van der Waals surface area contributed by atoms with Crippen LogP contribution < -0.4 is 0 Å². The highest BCUT2D eigenvalue weighted by molar-refractivity contribution is 7.98. The van der Waals surface area contributed by atoms with Crippen LogP contribution in [0.3, 0.4) is 0 Å². The Kier molecular flexibility index (Phi) is 2.99. The van der Waals surface area contributed by atoms with Crippen molar-refractivity contribution in [2.45, 2.75) is 4.90 Å². The Bertz CT molecular complexity index is 677. The Balaban J connectivity index is 2.07. The van der Waals surface area contributed by atoms with Gasteiger partial charge in [-0.1, -0.05) is 24.3 Å². The minimum absolute atomic E-state index is 0.918. The van der Waals surface area contributed by atoms with Crippen LogP contribution in [0.1, 0.15) is 0 Å². The van der Waals surface area contributed by atoms with Crippen LogP contribution >= 0.6 is 11.8 Å². The first-order chi connectivity index (χ1) is 8.86. The van der Waals surface area contributed by atoms with Crippen LogP contribution in [0.15, 0.2) is 59.6 Å². The lowest BCUT2D eigenvalue weighted by Crippen LogP contribution is -1.88. The summed E-state index contributed by atoms with van der Waals surface area (Å²) in [7, 11) is 0. The molecule has 0 amide bonds. The number of fused-ring (bicyclic) bond motifs is 1. The first-order valence-electron chi connectivity index (χ1n) is 5.73. The van der Waals surface area contributed by atoms with Gasteiger partial charge in [-0.25, -0.2) is 4.98 Å². The molecule has 0 aliphatic carbocycles. The van der Waals surface area contributed by atoms with E-state index in [0.717, 1.165) is 22.3 Å². The van der Waals surface area contributed by atoms with E-state index in [0.29, 0.717) is 0 Å². The van der Waals surface area contributed by atoms with Crippen LogP contribution in [0.4, 0.5) is 0 Å². The maximum atomic E-state index is 4.63. The Morgan fingerprint density at radius 1 is 0.889 bits per heavy atom. The van der Waals surface area contributed by atoms with E-state index in [-0.39, 0.29) is 0 Å². The zero-order valence-electron chi connectivity index (χ0n) is 10.00. The van der Waals surface area contributed by atoms with Gasteiger partial charge < -0.3 is 0 Å². The molecule has 0 aliphatic heterocycles. The molecular weight excluding hydrogens is 240 g/mol. The third kappa shape index (κ3) is 2.09. The molecule has 3 heteroatoms. The van der Waals surface area contributed by atoms with Crippen LogP contribution in [-0.4, -0.2) is 16.2 Å². The molecule has 3 aromatic rings. The van der Waals surface area contributed by atoms with Gasteiger partial charge in [-0.05, 0) is 30.5 Å². The predicted octanol–water partition coefficient (Wildman–Crippen LogP) is 4.02. The standard InChI is InChI=1S/C15H12N2S/c1-18-12-8-6-11(7-9-12)15-10-16-13-4-2-3-5-14(13)17-15/h2-10H,1H3. The summed E-state index contributed by atoms with van der Waals surface area (Å²) in [4.78, 5) is 10.3. The quantitative estimate of drug-likeness (QED) is 0.644. The lowest BCUT2D eigenvalue weighted by atomic mass is 10.1. The molecule has 2 aromatic carbocycles. The fourth-order valence-corrected chi connectivity index (χ4v) is 2.27. The van der Waals surface area contributed by atoms with Gasteiger partial charge in [-0.3, -0.25) is 4.98 Å². The van der Waals surface area contributed by atoms with Crippen LogP contribution in [-0.2, 0) is 0 Å². The van der Waals surface area contributed by atoms with Crippen molar-refractivity contribution in [2.24, 2.45) is 0 Å². The highest BCUT2D eigenvalue weighted by atomic mass is 32.2. The Morgan fingerprint density at radius 3 is 2.33 bits per heavy atom. The van der Waals surface area contributed by atoms with E-state index in [1.165, 1.54) is 4.90 Å². The number of benzene rings is 2. The molecule has 0 unspecified atom stereocenters. The molecule has 0 radical (unpaired) electrons. The zero-order chi connectivity index (χ0) is 12.4. The van der Waals surface area contributed by atoms with E-state index in [2.05, 4.69) is 40.5 Å². The van der Waals surface area contributed by atoms with Crippen molar-refractivity contribution in [3.63, 3.8) is 0 Å². The summed E-state index contributed by atoms with van der Waals surface area (Å²) in [6.45, 7) is 0. The van der Waals surface area contributed by atoms with Gasteiger partial charge in [0.25, 0.3) is 0 Å². The van der Waals surface area contributed by atoms with E-state index in [9.17, 15) is 0 Å². The summed E-state index contributed by atoms with van der Waals surface area (Å²) < 4.78 is 0. The van der Waals surface area contributed by atoms with Crippen molar-refractivity contribution in [3.8, 4) is 11.3 Å². The number of hydrogen-bond donors (Lipinski definition) is 0. The molecule has 3 rings (SSSR count). The molecule has 1 aromatic heterocycles. The summed E-state index contributed by atoms with van der Waals surface area (Å²) in [6.07, 6.45) is 3.90. The Hall–Kier alpha value is -1.87. The van der Waals surface area contributed by atoms with E-state index in [1.807, 2.05) is 30.5 Å². The van der Waals surface area contributed by atoms with Crippen molar-refractivity contribution >= 4 is 22.8 Å². The van der Waals surface area contributed by atoms with Crippen LogP contribution in [0.2, 0.25) is 0 Å². The Labute approximate surface area is 110 Å². The molecule has 0 fully saturated rings. The summed E-state index contributed by atoms with van der Waals surface area (Å²) in [5.41, 5.74) is 3.89. The van der Waals surface area contributed by atoms with Gasteiger partial charge in [0.15, 0.2) is 0 Å². The van der Waals surface area contributed by atoms with Crippen molar-refractivity contribution in [1.82, 2.24) is 9.97 Å². The maximum absolute atomic E-state index is 4.63. The van der Waals surface area contributed by atoms with Crippen molar-refractivity contribution in [3.05, 3.63) is 54.7 Å². The van der Waals surface area contributed by atoms with E-state index < -0.39 is 0 Å². The number of para-hydroxylation sites is 2. The number of hydrogen-bond acceptors (Lipinski definition) is 3. The minimum Gasteiger partial charge on any atom is -0.252 e. The molecule has 0 atom stereocenters. The highest BCUT2D eigenvalue weighted by Crippen LogP contribution is 2.22. The van der Waals surface area contributed by atoms with Gasteiger partial charge in [0, 0.05) is 10.5 Å². The monoisotopic (exact) mass is 252 g/mol. The second-order valence-electron chi connectivity index (χ2n) is 3.97. The summed E-state index contributed by atoms with van der Waals surface area (Å²) in [5.74, 6) is 0.